The second-order valence-corrected chi connectivity index (χ2v) is 6.98. The second-order valence-electron chi connectivity index (χ2n) is 6.98. The number of hydrogen-bond donors (Lipinski definition) is 0. The first-order chi connectivity index (χ1) is 16.4. The molecule has 0 fully saturated rings. The number of aryl methyl sites for hydroxylation is 2. The van der Waals surface area contributed by atoms with Gasteiger partial charge in [0.05, 0.1) is 28.4 Å². The average molecular weight is 466 g/mol. The van der Waals surface area contributed by atoms with Crippen LogP contribution in [-0.4, -0.2) is 52.3 Å². The van der Waals surface area contributed by atoms with Crippen molar-refractivity contribution in [3.63, 3.8) is 0 Å². The Morgan fingerprint density at radius 1 is 0.559 bits per heavy atom. The van der Waals surface area contributed by atoms with Crippen molar-refractivity contribution in [1.82, 2.24) is 0 Å². The van der Waals surface area contributed by atoms with Gasteiger partial charge in [0, 0.05) is 0 Å². The molecule has 0 saturated heterocycles. The highest BCUT2D eigenvalue weighted by Gasteiger charge is 2.21. The maximum atomic E-state index is 12.0. The van der Waals surface area contributed by atoms with Crippen molar-refractivity contribution in [2.24, 2.45) is 0 Å². The van der Waals surface area contributed by atoms with Crippen LogP contribution in [0.2, 0.25) is 0 Å². The maximum Gasteiger partial charge on any atom is 0.345 e. The van der Waals surface area contributed by atoms with Gasteiger partial charge >= 0.3 is 23.9 Å². The van der Waals surface area contributed by atoms with E-state index in [1.807, 2.05) is 24.3 Å². The van der Waals surface area contributed by atoms with Gasteiger partial charge in [-0.15, -0.1) is 0 Å². The molecule has 0 saturated carbocycles. The number of benzene rings is 2. The summed E-state index contributed by atoms with van der Waals surface area (Å²) in [6.07, 6.45) is 3.95. The third-order valence-corrected chi connectivity index (χ3v) is 4.99. The Kier molecular flexibility index (Phi) is 9.76. The van der Waals surface area contributed by atoms with Crippen LogP contribution in [0.15, 0.2) is 59.7 Å². The lowest BCUT2D eigenvalue weighted by Gasteiger charge is -2.11. The van der Waals surface area contributed by atoms with Gasteiger partial charge in [0.2, 0.25) is 0 Å². The molecule has 0 N–H and O–H groups in total. The van der Waals surface area contributed by atoms with Crippen LogP contribution < -0.4 is 0 Å². The number of carbonyl (C=O) groups is 4. The van der Waals surface area contributed by atoms with E-state index in [2.05, 4.69) is 0 Å². The summed E-state index contributed by atoms with van der Waals surface area (Å²) in [6.45, 7) is 0. The molecule has 0 aliphatic heterocycles. The van der Waals surface area contributed by atoms with Gasteiger partial charge in [-0.1, -0.05) is 48.5 Å². The summed E-state index contributed by atoms with van der Waals surface area (Å²) < 4.78 is 18.8. The lowest BCUT2D eigenvalue weighted by Crippen LogP contribution is -2.16. The van der Waals surface area contributed by atoms with Crippen molar-refractivity contribution < 1.29 is 38.1 Å². The van der Waals surface area contributed by atoms with Gasteiger partial charge in [0.25, 0.3) is 0 Å². The van der Waals surface area contributed by atoms with Crippen molar-refractivity contribution in [2.75, 3.05) is 28.4 Å². The highest BCUT2D eigenvalue weighted by molar-refractivity contribution is 6.18. The van der Waals surface area contributed by atoms with Gasteiger partial charge in [0.15, 0.2) is 0 Å². The zero-order valence-corrected chi connectivity index (χ0v) is 19.5. The molecule has 0 aliphatic rings. The van der Waals surface area contributed by atoms with Gasteiger partial charge in [-0.05, 0) is 47.2 Å². The molecular weight excluding hydrogens is 440 g/mol. The Bertz CT molecular complexity index is 1000. The molecule has 34 heavy (non-hydrogen) atoms. The predicted molar refractivity (Wildman–Crippen MR) is 124 cm³/mol. The SMILES string of the molecule is COC(=O)C(=Cc1ccccc1CCc1ccccc1C=C(C(=O)OC)C(=O)OC)C(=O)OC. The summed E-state index contributed by atoms with van der Waals surface area (Å²) in [7, 11) is 4.75. The van der Waals surface area contributed by atoms with E-state index in [1.165, 1.54) is 40.6 Å². The maximum absolute atomic E-state index is 12.0. The van der Waals surface area contributed by atoms with Gasteiger partial charge in [-0.25, -0.2) is 19.2 Å². The highest BCUT2D eigenvalue weighted by Crippen LogP contribution is 2.20. The quantitative estimate of drug-likeness (QED) is 0.183. The Morgan fingerprint density at radius 3 is 1.15 bits per heavy atom. The lowest BCUT2D eigenvalue weighted by molar-refractivity contribution is -0.145. The highest BCUT2D eigenvalue weighted by atomic mass is 16.5. The molecule has 0 atom stereocenters. The van der Waals surface area contributed by atoms with Crippen molar-refractivity contribution >= 4 is 36.0 Å². The van der Waals surface area contributed by atoms with E-state index in [0.717, 1.165) is 11.1 Å². The summed E-state index contributed by atoms with van der Waals surface area (Å²) in [5.74, 6) is -3.18. The van der Waals surface area contributed by atoms with Crippen LogP contribution in [0.1, 0.15) is 22.3 Å². The Hall–Kier alpha value is -4.20. The van der Waals surface area contributed by atoms with Crippen LogP contribution in [-0.2, 0) is 51.0 Å². The molecule has 0 aliphatic carbocycles. The van der Waals surface area contributed by atoms with E-state index in [-0.39, 0.29) is 11.1 Å². The van der Waals surface area contributed by atoms with E-state index in [0.29, 0.717) is 24.0 Å². The Labute approximate surface area is 197 Å². The average Bonchev–Trinajstić information content (AvgIpc) is 2.88. The van der Waals surface area contributed by atoms with Gasteiger partial charge < -0.3 is 18.9 Å². The minimum Gasteiger partial charge on any atom is -0.465 e. The van der Waals surface area contributed by atoms with Gasteiger partial charge in [0.1, 0.15) is 11.1 Å². The first-order valence-corrected chi connectivity index (χ1v) is 10.3. The van der Waals surface area contributed by atoms with Gasteiger partial charge in [-0.3, -0.25) is 0 Å². The number of ether oxygens (including phenoxy) is 4. The molecule has 8 nitrogen and oxygen atoms in total. The lowest BCUT2D eigenvalue weighted by atomic mass is 9.95. The fraction of sp³-hybridized carbons (Fsp3) is 0.231. The van der Waals surface area contributed by atoms with Crippen molar-refractivity contribution in [2.45, 2.75) is 12.8 Å². The Balaban J connectivity index is 2.40. The Morgan fingerprint density at radius 2 is 0.853 bits per heavy atom. The van der Waals surface area contributed by atoms with Crippen LogP contribution in [0.3, 0.4) is 0 Å². The molecule has 0 heterocycles. The zero-order valence-electron chi connectivity index (χ0n) is 19.5. The molecule has 0 bridgehead atoms. The number of rotatable bonds is 9. The predicted octanol–water partition coefficient (Wildman–Crippen LogP) is 2.93. The first-order valence-electron chi connectivity index (χ1n) is 10.3. The summed E-state index contributed by atoms with van der Waals surface area (Å²) in [6, 6.07) is 14.6. The minimum atomic E-state index is -0.796. The molecule has 0 spiro atoms. The molecule has 0 amide bonds. The largest absolute Gasteiger partial charge is 0.465 e. The number of hydrogen-bond acceptors (Lipinski definition) is 8. The normalized spacial score (nSPS) is 9.88. The topological polar surface area (TPSA) is 105 Å². The fourth-order valence-corrected chi connectivity index (χ4v) is 3.23. The molecule has 8 heteroatoms. The molecule has 2 aromatic carbocycles. The summed E-state index contributed by atoms with van der Waals surface area (Å²) >= 11 is 0. The molecule has 0 radical (unpaired) electrons. The summed E-state index contributed by atoms with van der Waals surface area (Å²) in [5.41, 5.74) is 2.61. The fourth-order valence-electron chi connectivity index (χ4n) is 3.23. The first kappa shape index (κ1) is 26.1. The smallest absolute Gasteiger partial charge is 0.345 e. The van der Waals surface area contributed by atoms with Gasteiger partial charge in [-0.2, -0.15) is 0 Å². The van der Waals surface area contributed by atoms with E-state index >= 15 is 0 Å². The van der Waals surface area contributed by atoms with E-state index < -0.39 is 23.9 Å². The molecule has 0 aromatic heterocycles. The van der Waals surface area contributed by atoms with E-state index in [1.54, 1.807) is 24.3 Å². The summed E-state index contributed by atoms with van der Waals surface area (Å²) in [5, 5.41) is 0. The third kappa shape index (κ3) is 6.65. The third-order valence-electron chi connectivity index (χ3n) is 4.99. The number of carbonyl (C=O) groups excluding carboxylic acids is 4. The molecule has 2 aromatic rings. The van der Waals surface area contributed by atoms with Crippen molar-refractivity contribution in [3.8, 4) is 0 Å². The molecule has 178 valence electrons. The summed E-state index contributed by atoms with van der Waals surface area (Å²) in [4.78, 5) is 48.2. The van der Waals surface area contributed by atoms with Crippen LogP contribution in [0.25, 0.3) is 12.2 Å². The monoisotopic (exact) mass is 466 g/mol. The van der Waals surface area contributed by atoms with Crippen LogP contribution in [0, 0.1) is 0 Å². The zero-order chi connectivity index (χ0) is 25.1. The van der Waals surface area contributed by atoms with Crippen LogP contribution in [0.4, 0.5) is 0 Å². The van der Waals surface area contributed by atoms with Crippen LogP contribution in [0.5, 0.6) is 0 Å². The van der Waals surface area contributed by atoms with Crippen LogP contribution >= 0.6 is 0 Å². The number of methoxy groups -OCH3 is 4. The van der Waals surface area contributed by atoms with E-state index in [9.17, 15) is 19.2 Å². The molecule has 2 rings (SSSR count). The number of esters is 4. The van der Waals surface area contributed by atoms with Crippen molar-refractivity contribution in [1.29, 1.82) is 0 Å². The molecule has 0 unspecified atom stereocenters. The standard InChI is InChI=1S/C26H26O8/c1-31-23(27)21(24(28)32-2)15-19-11-7-5-9-17(19)13-14-18-10-6-8-12-20(18)16-22(25(29)33-3)26(30)34-4/h5-12,15-16H,13-14H2,1-4H3. The second kappa shape index (κ2) is 12.7. The minimum absolute atomic E-state index is 0.221. The van der Waals surface area contributed by atoms with Crippen molar-refractivity contribution in [3.05, 3.63) is 81.9 Å². The molecular formula is C26H26O8. The van der Waals surface area contributed by atoms with E-state index in [4.69, 9.17) is 18.9 Å².